The largest absolute Gasteiger partial charge is 0.339 e. The minimum atomic E-state index is -0.278. The van der Waals surface area contributed by atoms with Gasteiger partial charge in [0.05, 0.1) is 11.2 Å². The Morgan fingerprint density at radius 3 is 2.11 bits per heavy atom. The summed E-state index contributed by atoms with van der Waals surface area (Å²) >= 11 is 3.49. The van der Waals surface area contributed by atoms with Crippen molar-refractivity contribution in [2.24, 2.45) is 0 Å². The lowest BCUT2D eigenvalue weighted by Crippen LogP contribution is -2.41. The summed E-state index contributed by atoms with van der Waals surface area (Å²) in [5.74, 6) is 0. The fourth-order valence-electron chi connectivity index (χ4n) is 1.99. The van der Waals surface area contributed by atoms with E-state index in [4.69, 9.17) is 9.47 Å². The van der Waals surface area contributed by atoms with Crippen LogP contribution in [0.5, 0.6) is 0 Å². The van der Waals surface area contributed by atoms with Gasteiger partial charge in [0.25, 0.3) is 0 Å². The van der Waals surface area contributed by atoms with Crippen LogP contribution in [0.4, 0.5) is 0 Å². The van der Waals surface area contributed by atoms with E-state index in [1.54, 1.807) is 0 Å². The van der Waals surface area contributed by atoms with Gasteiger partial charge in [-0.15, -0.1) is 0 Å². The highest BCUT2D eigenvalue weighted by atomic mass is 79.9. The number of halogens is 1. The third-order valence-corrected chi connectivity index (χ3v) is 4.64. The van der Waals surface area contributed by atoms with Crippen molar-refractivity contribution in [3.8, 4) is 0 Å². The molecule has 2 rings (SSSR count). The maximum absolute atomic E-state index is 6.04. The lowest BCUT2D eigenvalue weighted by atomic mass is 9.90. The Bertz CT molecular complexity index is 436. The lowest BCUT2D eigenvalue weighted by Gasteiger charge is -2.30. The van der Waals surface area contributed by atoms with Gasteiger partial charge in [-0.1, -0.05) is 34.1 Å². The van der Waals surface area contributed by atoms with E-state index in [0.29, 0.717) is 0 Å². The predicted molar refractivity (Wildman–Crippen MR) is 76.9 cm³/mol. The first kappa shape index (κ1) is 14.0. The van der Waals surface area contributed by atoms with Gasteiger partial charge in [-0.25, -0.2) is 0 Å². The average Bonchev–Trinajstić information content (AvgIpc) is 2.48. The van der Waals surface area contributed by atoms with Gasteiger partial charge in [0.15, 0.2) is 6.29 Å². The molecule has 3 heteroatoms. The molecule has 0 aromatic heterocycles. The first-order valence-electron chi connectivity index (χ1n) is 6.28. The molecule has 0 N–H and O–H groups in total. The highest BCUT2D eigenvalue weighted by molar-refractivity contribution is 9.08. The van der Waals surface area contributed by atoms with Gasteiger partial charge in [-0.2, -0.15) is 0 Å². The maximum atomic E-state index is 6.04. The number of benzene rings is 1. The van der Waals surface area contributed by atoms with Gasteiger partial charge in [0, 0.05) is 10.9 Å². The summed E-state index contributed by atoms with van der Waals surface area (Å²) in [6.07, 6.45) is -0.266. The van der Waals surface area contributed by atoms with Gasteiger partial charge >= 0.3 is 0 Å². The SMILES string of the molecule is Cc1cc(C2OC(C)(C)C(C)(C)O2)ccc1CBr. The maximum Gasteiger partial charge on any atom is 0.185 e. The number of rotatable bonds is 2. The standard InChI is InChI=1S/C15H21BrO2/c1-10-8-11(6-7-12(10)9-16)13-17-14(2,3)15(4,5)18-13/h6-8,13H,9H2,1-5H3. The van der Waals surface area contributed by atoms with E-state index in [1.165, 1.54) is 11.1 Å². The Kier molecular flexibility index (Phi) is 3.60. The summed E-state index contributed by atoms with van der Waals surface area (Å²) in [6, 6.07) is 6.37. The second-order valence-electron chi connectivity index (χ2n) is 5.91. The molecule has 1 heterocycles. The smallest absolute Gasteiger partial charge is 0.185 e. The quantitative estimate of drug-likeness (QED) is 0.749. The Hall–Kier alpha value is -0.380. The fraction of sp³-hybridized carbons (Fsp3) is 0.600. The van der Waals surface area contributed by atoms with Crippen molar-refractivity contribution in [3.63, 3.8) is 0 Å². The summed E-state index contributed by atoms with van der Waals surface area (Å²) in [7, 11) is 0. The molecule has 0 radical (unpaired) electrons. The number of ether oxygens (including phenoxy) is 2. The molecule has 0 amide bonds. The second-order valence-corrected chi connectivity index (χ2v) is 6.47. The van der Waals surface area contributed by atoms with Crippen molar-refractivity contribution in [1.82, 2.24) is 0 Å². The van der Waals surface area contributed by atoms with Crippen molar-refractivity contribution < 1.29 is 9.47 Å². The van der Waals surface area contributed by atoms with Gasteiger partial charge < -0.3 is 9.47 Å². The van der Waals surface area contributed by atoms with Crippen LogP contribution in [0, 0.1) is 6.92 Å². The summed E-state index contributed by atoms with van der Waals surface area (Å²) in [4.78, 5) is 0. The molecule has 2 nitrogen and oxygen atoms in total. The molecule has 1 aromatic carbocycles. The van der Waals surface area contributed by atoms with E-state index in [-0.39, 0.29) is 17.5 Å². The molecular weight excluding hydrogens is 292 g/mol. The van der Waals surface area contributed by atoms with Crippen LogP contribution in [0.1, 0.15) is 50.7 Å². The molecule has 0 atom stereocenters. The zero-order valence-electron chi connectivity index (χ0n) is 11.7. The topological polar surface area (TPSA) is 18.5 Å². The molecule has 0 aliphatic carbocycles. The minimum Gasteiger partial charge on any atom is -0.339 e. The number of aryl methyl sites for hydroxylation is 1. The fourth-order valence-corrected chi connectivity index (χ4v) is 2.62. The van der Waals surface area contributed by atoms with Crippen LogP contribution >= 0.6 is 15.9 Å². The van der Waals surface area contributed by atoms with Crippen molar-refractivity contribution in [3.05, 3.63) is 34.9 Å². The van der Waals surface area contributed by atoms with Crippen molar-refractivity contribution in [2.75, 3.05) is 0 Å². The molecule has 0 saturated carbocycles. The highest BCUT2D eigenvalue weighted by Crippen LogP contribution is 2.44. The van der Waals surface area contributed by atoms with Crippen molar-refractivity contribution in [2.45, 2.75) is 57.4 Å². The van der Waals surface area contributed by atoms with E-state index in [2.05, 4.69) is 68.7 Å². The summed E-state index contributed by atoms with van der Waals surface area (Å²) in [6.45, 7) is 10.4. The normalized spacial score (nSPS) is 22.3. The molecule has 1 aromatic rings. The molecule has 1 aliphatic heterocycles. The van der Waals surface area contributed by atoms with Gasteiger partial charge in [-0.3, -0.25) is 0 Å². The lowest BCUT2D eigenvalue weighted by molar-refractivity contribution is -0.0896. The molecular formula is C15H21BrO2. The second kappa shape index (κ2) is 4.62. The molecule has 18 heavy (non-hydrogen) atoms. The first-order valence-corrected chi connectivity index (χ1v) is 7.40. The summed E-state index contributed by atoms with van der Waals surface area (Å²) in [5.41, 5.74) is 3.10. The summed E-state index contributed by atoms with van der Waals surface area (Å²) < 4.78 is 12.1. The molecule has 0 unspecified atom stereocenters. The van der Waals surface area contributed by atoms with Crippen LogP contribution in [-0.4, -0.2) is 11.2 Å². The minimum absolute atomic E-state index is 0.266. The summed E-state index contributed by atoms with van der Waals surface area (Å²) in [5, 5.41) is 0.877. The van der Waals surface area contributed by atoms with E-state index >= 15 is 0 Å². The molecule has 0 spiro atoms. The Labute approximate surface area is 118 Å². The van der Waals surface area contributed by atoms with Crippen molar-refractivity contribution >= 4 is 15.9 Å². The van der Waals surface area contributed by atoms with Gasteiger partial charge in [-0.05, 0) is 45.7 Å². The zero-order chi connectivity index (χ0) is 13.6. The van der Waals surface area contributed by atoms with Crippen molar-refractivity contribution in [1.29, 1.82) is 0 Å². The van der Waals surface area contributed by atoms with Crippen LogP contribution in [0.25, 0.3) is 0 Å². The average molecular weight is 313 g/mol. The predicted octanol–water partition coefficient (Wildman–Crippen LogP) is 4.49. The third-order valence-electron chi connectivity index (χ3n) is 4.04. The Morgan fingerprint density at radius 1 is 1.11 bits per heavy atom. The molecule has 1 aliphatic rings. The number of hydrogen-bond acceptors (Lipinski definition) is 2. The Balaban J connectivity index is 2.27. The van der Waals surface area contributed by atoms with Gasteiger partial charge in [0.2, 0.25) is 0 Å². The van der Waals surface area contributed by atoms with Gasteiger partial charge in [0.1, 0.15) is 0 Å². The van der Waals surface area contributed by atoms with Crippen LogP contribution in [0.3, 0.4) is 0 Å². The van der Waals surface area contributed by atoms with E-state index in [9.17, 15) is 0 Å². The first-order chi connectivity index (χ1) is 8.27. The van der Waals surface area contributed by atoms with Crippen LogP contribution in [0.15, 0.2) is 18.2 Å². The van der Waals surface area contributed by atoms with E-state index in [0.717, 1.165) is 10.9 Å². The van der Waals surface area contributed by atoms with E-state index < -0.39 is 0 Å². The monoisotopic (exact) mass is 312 g/mol. The van der Waals surface area contributed by atoms with E-state index in [1.807, 2.05) is 0 Å². The Morgan fingerprint density at radius 2 is 1.67 bits per heavy atom. The molecule has 100 valence electrons. The molecule has 0 bridgehead atoms. The van der Waals surface area contributed by atoms with Crippen LogP contribution < -0.4 is 0 Å². The number of hydrogen-bond donors (Lipinski definition) is 0. The molecule has 1 fully saturated rings. The number of alkyl halides is 1. The van der Waals surface area contributed by atoms with Crippen LogP contribution in [0.2, 0.25) is 0 Å². The third kappa shape index (κ3) is 2.36. The van der Waals surface area contributed by atoms with Crippen LogP contribution in [-0.2, 0) is 14.8 Å². The zero-order valence-corrected chi connectivity index (χ0v) is 13.3. The molecule has 1 saturated heterocycles. The highest BCUT2D eigenvalue weighted by Gasteiger charge is 2.49.